The number of aromatic nitrogens is 4. The van der Waals surface area contributed by atoms with Crippen molar-refractivity contribution in [1.82, 2.24) is 23.8 Å². The summed E-state index contributed by atoms with van der Waals surface area (Å²) >= 11 is 2.77. The van der Waals surface area contributed by atoms with E-state index in [0.717, 1.165) is 27.2 Å². The van der Waals surface area contributed by atoms with Crippen molar-refractivity contribution in [2.75, 3.05) is 7.05 Å². The van der Waals surface area contributed by atoms with Gasteiger partial charge in [0.05, 0.1) is 34.1 Å². The van der Waals surface area contributed by atoms with E-state index in [4.69, 9.17) is 0 Å². The highest BCUT2D eigenvalue weighted by atomic mass is 32.1. The SMILES string of the molecule is CN(Cc1ccc2nsnc2c1)C(=O)c1cn[nH]c1-c1cccs1. The minimum absolute atomic E-state index is 0.0661. The Labute approximate surface area is 146 Å². The van der Waals surface area contributed by atoms with Crippen LogP contribution in [0.15, 0.2) is 41.9 Å². The zero-order valence-electron chi connectivity index (χ0n) is 12.8. The molecule has 120 valence electrons. The quantitative estimate of drug-likeness (QED) is 0.609. The van der Waals surface area contributed by atoms with Gasteiger partial charge in [-0.15, -0.1) is 11.3 Å². The Balaban J connectivity index is 1.57. The third-order valence-electron chi connectivity index (χ3n) is 3.72. The zero-order chi connectivity index (χ0) is 16.5. The number of benzene rings is 1. The molecular formula is C16H13N5OS2. The molecule has 1 aromatic carbocycles. The number of carbonyl (C=O) groups is 1. The van der Waals surface area contributed by atoms with Gasteiger partial charge in [-0.05, 0) is 29.1 Å². The molecule has 0 fully saturated rings. The number of nitrogens with one attached hydrogen (secondary N) is 1. The Kier molecular flexibility index (Phi) is 3.83. The van der Waals surface area contributed by atoms with Crippen LogP contribution in [-0.2, 0) is 6.54 Å². The Morgan fingerprint density at radius 3 is 2.96 bits per heavy atom. The van der Waals surface area contributed by atoms with E-state index in [-0.39, 0.29) is 5.91 Å². The Hall–Kier alpha value is -2.58. The van der Waals surface area contributed by atoms with Gasteiger partial charge in [0.1, 0.15) is 11.0 Å². The van der Waals surface area contributed by atoms with Gasteiger partial charge in [0.25, 0.3) is 5.91 Å². The van der Waals surface area contributed by atoms with Crippen molar-refractivity contribution in [3.05, 3.63) is 53.0 Å². The van der Waals surface area contributed by atoms with Gasteiger partial charge in [-0.1, -0.05) is 12.1 Å². The van der Waals surface area contributed by atoms with Gasteiger partial charge < -0.3 is 4.90 Å². The molecule has 6 nitrogen and oxygen atoms in total. The molecule has 8 heteroatoms. The summed E-state index contributed by atoms with van der Waals surface area (Å²) in [6, 6.07) is 9.80. The van der Waals surface area contributed by atoms with Gasteiger partial charge in [-0.2, -0.15) is 13.8 Å². The van der Waals surface area contributed by atoms with Crippen LogP contribution in [0.5, 0.6) is 0 Å². The van der Waals surface area contributed by atoms with E-state index >= 15 is 0 Å². The predicted molar refractivity (Wildman–Crippen MR) is 95.1 cm³/mol. The van der Waals surface area contributed by atoms with Crippen LogP contribution in [-0.4, -0.2) is 36.8 Å². The first-order chi connectivity index (χ1) is 11.7. The molecule has 0 radical (unpaired) electrons. The maximum Gasteiger partial charge on any atom is 0.257 e. The summed E-state index contributed by atoms with van der Waals surface area (Å²) in [4.78, 5) is 15.5. The molecule has 1 amide bonds. The van der Waals surface area contributed by atoms with Gasteiger partial charge in [-0.3, -0.25) is 9.89 Å². The fraction of sp³-hybridized carbons (Fsp3) is 0.125. The second kappa shape index (κ2) is 6.14. The minimum Gasteiger partial charge on any atom is -0.337 e. The molecule has 0 spiro atoms. The highest BCUT2D eigenvalue weighted by Crippen LogP contribution is 2.26. The van der Waals surface area contributed by atoms with Crippen LogP contribution >= 0.6 is 23.1 Å². The maximum absolute atomic E-state index is 12.8. The summed E-state index contributed by atoms with van der Waals surface area (Å²) in [5.41, 5.74) is 4.11. The smallest absolute Gasteiger partial charge is 0.257 e. The molecule has 0 saturated heterocycles. The van der Waals surface area contributed by atoms with E-state index in [9.17, 15) is 4.79 Å². The summed E-state index contributed by atoms with van der Waals surface area (Å²) in [6.45, 7) is 0.501. The molecule has 3 aromatic heterocycles. The first-order valence-electron chi connectivity index (χ1n) is 7.26. The topological polar surface area (TPSA) is 74.8 Å². The summed E-state index contributed by atoms with van der Waals surface area (Å²) in [5.74, 6) is -0.0661. The molecule has 0 aliphatic rings. The van der Waals surface area contributed by atoms with Crippen molar-refractivity contribution < 1.29 is 4.79 Å². The monoisotopic (exact) mass is 355 g/mol. The highest BCUT2D eigenvalue weighted by molar-refractivity contribution is 7.13. The number of hydrogen-bond acceptors (Lipinski definition) is 6. The number of thiophene rings is 1. The second-order valence-electron chi connectivity index (χ2n) is 5.38. The van der Waals surface area contributed by atoms with Gasteiger partial charge in [0, 0.05) is 13.6 Å². The fourth-order valence-corrected chi connectivity index (χ4v) is 3.79. The van der Waals surface area contributed by atoms with Crippen LogP contribution in [0.1, 0.15) is 15.9 Å². The lowest BCUT2D eigenvalue weighted by molar-refractivity contribution is 0.0786. The first kappa shape index (κ1) is 15.0. The van der Waals surface area contributed by atoms with Crippen LogP contribution in [0.25, 0.3) is 21.6 Å². The maximum atomic E-state index is 12.8. The number of fused-ring (bicyclic) bond motifs is 1. The van der Waals surface area contributed by atoms with E-state index in [1.807, 2.05) is 35.7 Å². The molecule has 1 N–H and O–H groups in total. The standard InChI is InChI=1S/C16H13N5OS2/c1-21(9-10-4-5-12-13(7-10)20-24-19-12)16(22)11-8-17-18-15(11)14-3-2-6-23-14/h2-8H,9H2,1H3,(H,17,18). The van der Waals surface area contributed by atoms with E-state index in [0.29, 0.717) is 12.1 Å². The summed E-state index contributed by atoms with van der Waals surface area (Å²) < 4.78 is 8.44. The second-order valence-corrected chi connectivity index (χ2v) is 6.86. The normalized spacial score (nSPS) is 11.0. The molecule has 24 heavy (non-hydrogen) atoms. The average Bonchev–Trinajstić information content (AvgIpc) is 3.32. The summed E-state index contributed by atoms with van der Waals surface area (Å²) in [5, 5.41) is 8.94. The molecule has 0 saturated carbocycles. The van der Waals surface area contributed by atoms with Crippen LogP contribution in [0.2, 0.25) is 0 Å². The zero-order valence-corrected chi connectivity index (χ0v) is 14.4. The van der Waals surface area contributed by atoms with Gasteiger partial charge >= 0.3 is 0 Å². The number of carbonyl (C=O) groups excluding carboxylic acids is 1. The molecule has 4 aromatic rings. The molecule has 3 heterocycles. The van der Waals surface area contributed by atoms with Crippen molar-refractivity contribution in [3.63, 3.8) is 0 Å². The predicted octanol–water partition coefficient (Wildman–Crippen LogP) is 3.42. The third kappa shape index (κ3) is 2.70. The number of hydrogen-bond donors (Lipinski definition) is 1. The van der Waals surface area contributed by atoms with Crippen molar-refractivity contribution in [2.45, 2.75) is 6.54 Å². The molecule has 0 aliphatic carbocycles. The average molecular weight is 355 g/mol. The number of aromatic amines is 1. The highest BCUT2D eigenvalue weighted by Gasteiger charge is 2.19. The number of nitrogens with zero attached hydrogens (tertiary/aromatic N) is 4. The van der Waals surface area contributed by atoms with E-state index in [1.54, 1.807) is 29.5 Å². The lowest BCUT2D eigenvalue weighted by Crippen LogP contribution is -2.26. The van der Waals surface area contributed by atoms with Gasteiger partial charge in [0.2, 0.25) is 0 Å². The molecule has 0 aliphatic heterocycles. The number of rotatable bonds is 4. The van der Waals surface area contributed by atoms with Crippen molar-refractivity contribution in [1.29, 1.82) is 0 Å². The van der Waals surface area contributed by atoms with Crippen LogP contribution < -0.4 is 0 Å². The van der Waals surface area contributed by atoms with E-state index < -0.39 is 0 Å². The summed E-state index contributed by atoms with van der Waals surface area (Å²) in [7, 11) is 1.79. The number of amides is 1. The molecule has 0 unspecified atom stereocenters. The molecular weight excluding hydrogens is 342 g/mol. The number of H-pyrrole nitrogens is 1. The Bertz CT molecular complexity index is 989. The van der Waals surface area contributed by atoms with Crippen molar-refractivity contribution in [2.24, 2.45) is 0 Å². The Morgan fingerprint density at radius 1 is 1.25 bits per heavy atom. The van der Waals surface area contributed by atoms with Crippen molar-refractivity contribution in [3.8, 4) is 10.6 Å². The van der Waals surface area contributed by atoms with Crippen LogP contribution in [0.3, 0.4) is 0 Å². The largest absolute Gasteiger partial charge is 0.337 e. The van der Waals surface area contributed by atoms with Gasteiger partial charge in [-0.25, -0.2) is 0 Å². The molecule has 0 atom stereocenters. The summed E-state index contributed by atoms with van der Waals surface area (Å²) in [6.07, 6.45) is 1.58. The van der Waals surface area contributed by atoms with Crippen LogP contribution in [0, 0.1) is 0 Å². The lowest BCUT2D eigenvalue weighted by Gasteiger charge is -2.17. The van der Waals surface area contributed by atoms with Crippen LogP contribution in [0.4, 0.5) is 0 Å². The lowest BCUT2D eigenvalue weighted by atomic mass is 10.1. The van der Waals surface area contributed by atoms with Gasteiger partial charge in [0.15, 0.2) is 0 Å². The molecule has 4 rings (SSSR count). The van der Waals surface area contributed by atoms with E-state index in [2.05, 4.69) is 18.9 Å². The molecule has 0 bridgehead atoms. The van der Waals surface area contributed by atoms with E-state index in [1.165, 1.54) is 11.7 Å². The third-order valence-corrected chi connectivity index (χ3v) is 5.17. The van der Waals surface area contributed by atoms with Crippen molar-refractivity contribution >= 4 is 40.0 Å². The minimum atomic E-state index is -0.0661. The first-order valence-corrected chi connectivity index (χ1v) is 8.87. The fourth-order valence-electron chi connectivity index (χ4n) is 2.53. The Morgan fingerprint density at radius 2 is 2.12 bits per heavy atom.